The van der Waals surface area contributed by atoms with Gasteiger partial charge in [-0.25, -0.2) is 4.99 Å². The molecule has 2 aromatic rings. The quantitative estimate of drug-likeness (QED) is 0.320. The summed E-state index contributed by atoms with van der Waals surface area (Å²) in [6.45, 7) is 4.15. The van der Waals surface area contributed by atoms with Gasteiger partial charge < -0.3 is 19.9 Å². The standard InChI is InChI=1S/C20H30N6OS2.HI/c1-15-24-25-18(26(15)2)13-22-19(21-8-5-17-4-3-10-29-17)23-16-6-9-27-20(12-16)7-11-28-14-20;/h3-4,10,16H,5-9,11-14H2,1-2H3,(H2,21,22,23);1H. The van der Waals surface area contributed by atoms with E-state index < -0.39 is 0 Å². The van der Waals surface area contributed by atoms with E-state index in [1.165, 1.54) is 10.6 Å². The van der Waals surface area contributed by atoms with Crippen molar-refractivity contribution in [1.29, 1.82) is 0 Å². The van der Waals surface area contributed by atoms with Crippen molar-refractivity contribution in [3.05, 3.63) is 34.0 Å². The monoisotopic (exact) mass is 562 g/mol. The Bertz CT molecular complexity index is 819. The fourth-order valence-electron chi connectivity index (χ4n) is 3.86. The molecule has 166 valence electrons. The molecule has 0 radical (unpaired) electrons. The van der Waals surface area contributed by atoms with Crippen molar-refractivity contribution >= 4 is 53.0 Å². The van der Waals surface area contributed by atoms with Crippen LogP contribution in [-0.4, -0.2) is 57.0 Å². The molecule has 2 aliphatic heterocycles. The number of aryl methyl sites for hydroxylation is 1. The Kier molecular flexibility index (Phi) is 8.84. The molecular weight excluding hydrogens is 531 g/mol. The Morgan fingerprint density at radius 2 is 2.33 bits per heavy atom. The SMILES string of the molecule is Cc1nnc(CN=C(NCCc2cccs2)NC2CCOC3(CCSC3)C2)n1C.I. The van der Waals surface area contributed by atoms with Crippen LogP contribution < -0.4 is 10.6 Å². The molecule has 0 aromatic carbocycles. The first-order valence-corrected chi connectivity index (χ1v) is 12.3. The minimum absolute atomic E-state index is 0. The van der Waals surface area contributed by atoms with Gasteiger partial charge in [0.05, 0.1) is 5.60 Å². The van der Waals surface area contributed by atoms with Crippen molar-refractivity contribution in [2.24, 2.45) is 12.0 Å². The Hall–Kier alpha value is -0.850. The molecule has 4 rings (SSSR count). The van der Waals surface area contributed by atoms with Crippen molar-refractivity contribution < 1.29 is 4.74 Å². The van der Waals surface area contributed by atoms with Gasteiger partial charge in [-0.05, 0) is 49.8 Å². The summed E-state index contributed by atoms with van der Waals surface area (Å²) < 4.78 is 8.17. The molecule has 2 N–H and O–H groups in total. The number of aliphatic imine (C=N–C) groups is 1. The van der Waals surface area contributed by atoms with Crippen LogP contribution in [0.5, 0.6) is 0 Å². The van der Waals surface area contributed by atoms with Gasteiger partial charge in [0.15, 0.2) is 11.8 Å². The number of ether oxygens (including phenoxy) is 1. The maximum atomic E-state index is 6.17. The van der Waals surface area contributed by atoms with Crippen LogP contribution in [0.15, 0.2) is 22.5 Å². The van der Waals surface area contributed by atoms with Crippen LogP contribution in [0.25, 0.3) is 0 Å². The highest BCUT2D eigenvalue weighted by molar-refractivity contribution is 14.0. The molecular formula is C20H31IN6OS2. The lowest BCUT2D eigenvalue weighted by molar-refractivity contribution is -0.0679. The summed E-state index contributed by atoms with van der Waals surface area (Å²) >= 11 is 3.81. The van der Waals surface area contributed by atoms with Gasteiger partial charge in [-0.2, -0.15) is 11.8 Å². The molecule has 1 spiro atoms. The summed E-state index contributed by atoms with van der Waals surface area (Å²) in [5.41, 5.74) is 0.0589. The highest BCUT2D eigenvalue weighted by Gasteiger charge is 2.40. The average Bonchev–Trinajstić information content (AvgIpc) is 3.45. The number of rotatable bonds is 6. The largest absolute Gasteiger partial charge is 0.374 e. The zero-order chi connectivity index (χ0) is 20.1. The molecule has 30 heavy (non-hydrogen) atoms. The maximum absolute atomic E-state index is 6.17. The third kappa shape index (κ3) is 6.10. The Morgan fingerprint density at radius 3 is 3.03 bits per heavy atom. The molecule has 2 atom stereocenters. The lowest BCUT2D eigenvalue weighted by Gasteiger charge is -2.38. The second-order valence-corrected chi connectivity index (χ2v) is 9.95. The number of hydrogen-bond donors (Lipinski definition) is 2. The molecule has 2 aliphatic rings. The zero-order valence-corrected chi connectivity index (χ0v) is 21.6. The third-order valence-corrected chi connectivity index (χ3v) is 7.87. The van der Waals surface area contributed by atoms with E-state index in [0.29, 0.717) is 12.6 Å². The Labute approximate surface area is 203 Å². The van der Waals surface area contributed by atoms with E-state index in [-0.39, 0.29) is 29.6 Å². The second kappa shape index (κ2) is 11.1. The number of halogens is 1. The van der Waals surface area contributed by atoms with Gasteiger partial charge in [-0.3, -0.25) is 0 Å². The van der Waals surface area contributed by atoms with Gasteiger partial charge in [0.2, 0.25) is 0 Å². The topological polar surface area (TPSA) is 76.4 Å². The molecule has 2 saturated heterocycles. The molecule has 2 fully saturated rings. The number of thioether (sulfide) groups is 1. The minimum atomic E-state index is 0. The van der Waals surface area contributed by atoms with E-state index in [1.54, 1.807) is 11.3 Å². The van der Waals surface area contributed by atoms with E-state index in [1.807, 2.05) is 30.3 Å². The van der Waals surface area contributed by atoms with Crippen LogP contribution in [0.1, 0.15) is 35.8 Å². The van der Waals surface area contributed by atoms with E-state index in [9.17, 15) is 0 Å². The van der Waals surface area contributed by atoms with Gasteiger partial charge in [-0.1, -0.05) is 6.07 Å². The molecule has 4 heterocycles. The van der Waals surface area contributed by atoms with Crippen LogP contribution in [0, 0.1) is 6.92 Å². The first-order chi connectivity index (χ1) is 14.1. The van der Waals surface area contributed by atoms with Gasteiger partial charge in [0, 0.05) is 36.9 Å². The van der Waals surface area contributed by atoms with Crippen LogP contribution in [0.2, 0.25) is 0 Å². The number of nitrogens with one attached hydrogen (secondary N) is 2. The van der Waals surface area contributed by atoms with Crippen molar-refractivity contribution in [3.8, 4) is 0 Å². The predicted molar refractivity (Wildman–Crippen MR) is 135 cm³/mol. The number of aromatic nitrogens is 3. The van der Waals surface area contributed by atoms with Crippen molar-refractivity contribution in [2.75, 3.05) is 24.7 Å². The van der Waals surface area contributed by atoms with Crippen molar-refractivity contribution in [1.82, 2.24) is 25.4 Å². The number of guanidine groups is 1. The highest BCUT2D eigenvalue weighted by atomic mass is 127. The Balaban J connectivity index is 0.00000256. The zero-order valence-electron chi connectivity index (χ0n) is 17.6. The molecule has 0 saturated carbocycles. The summed E-state index contributed by atoms with van der Waals surface area (Å²) in [5, 5.41) is 17.7. The smallest absolute Gasteiger partial charge is 0.191 e. The fourth-order valence-corrected chi connectivity index (χ4v) is 5.94. The van der Waals surface area contributed by atoms with Gasteiger partial charge >= 0.3 is 0 Å². The summed E-state index contributed by atoms with van der Waals surface area (Å²) in [5.74, 6) is 4.95. The molecule has 0 amide bonds. The highest BCUT2D eigenvalue weighted by Crippen LogP contribution is 2.38. The second-order valence-electron chi connectivity index (χ2n) is 7.81. The van der Waals surface area contributed by atoms with E-state index >= 15 is 0 Å². The van der Waals surface area contributed by atoms with Crippen molar-refractivity contribution in [2.45, 2.75) is 50.8 Å². The summed E-state index contributed by atoms with van der Waals surface area (Å²) in [7, 11) is 1.98. The van der Waals surface area contributed by atoms with Crippen LogP contribution >= 0.6 is 47.1 Å². The molecule has 0 aliphatic carbocycles. The van der Waals surface area contributed by atoms with Crippen LogP contribution in [-0.2, 0) is 24.8 Å². The Morgan fingerprint density at radius 1 is 1.43 bits per heavy atom. The number of hydrogen-bond acceptors (Lipinski definition) is 6. The van der Waals surface area contributed by atoms with E-state index in [2.05, 4.69) is 38.3 Å². The summed E-state index contributed by atoms with van der Waals surface area (Å²) in [4.78, 5) is 6.21. The normalized spacial score (nSPS) is 24.1. The third-order valence-electron chi connectivity index (χ3n) is 5.71. The van der Waals surface area contributed by atoms with E-state index in [4.69, 9.17) is 9.73 Å². The fraction of sp³-hybridized carbons (Fsp3) is 0.650. The molecule has 7 nitrogen and oxygen atoms in total. The molecule has 2 aromatic heterocycles. The minimum Gasteiger partial charge on any atom is -0.374 e. The average molecular weight is 563 g/mol. The number of thiophene rings is 1. The maximum Gasteiger partial charge on any atom is 0.191 e. The summed E-state index contributed by atoms with van der Waals surface area (Å²) in [6, 6.07) is 4.67. The lowest BCUT2D eigenvalue weighted by Crippen LogP contribution is -2.51. The summed E-state index contributed by atoms with van der Waals surface area (Å²) in [6.07, 6.45) is 4.22. The van der Waals surface area contributed by atoms with Gasteiger partial charge in [0.25, 0.3) is 0 Å². The molecule has 2 unspecified atom stereocenters. The first-order valence-electron chi connectivity index (χ1n) is 10.3. The lowest BCUT2D eigenvalue weighted by atomic mass is 9.90. The molecule has 10 heteroatoms. The van der Waals surface area contributed by atoms with Crippen LogP contribution in [0.4, 0.5) is 0 Å². The van der Waals surface area contributed by atoms with E-state index in [0.717, 1.165) is 62.2 Å². The first kappa shape index (κ1) is 23.8. The van der Waals surface area contributed by atoms with Gasteiger partial charge in [-0.15, -0.1) is 45.5 Å². The molecule has 0 bridgehead atoms. The van der Waals surface area contributed by atoms with Crippen LogP contribution in [0.3, 0.4) is 0 Å². The number of nitrogens with zero attached hydrogens (tertiary/aromatic N) is 4. The predicted octanol–water partition coefficient (Wildman–Crippen LogP) is 3.14. The van der Waals surface area contributed by atoms with Crippen molar-refractivity contribution in [3.63, 3.8) is 0 Å². The van der Waals surface area contributed by atoms with Gasteiger partial charge in [0.1, 0.15) is 12.4 Å².